The van der Waals surface area contributed by atoms with E-state index in [0.717, 1.165) is 12.0 Å². The molecule has 0 saturated carbocycles. The molecule has 124 valence electrons. The van der Waals surface area contributed by atoms with E-state index in [0.29, 0.717) is 24.3 Å². The van der Waals surface area contributed by atoms with E-state index < -0.39 is 30.6 Å². The molecule has 1 atom stereocenters. The molecule has 1 aromatic rings. The van der Waals surface area contributed by atoms with Gasteiger partial charge in [0.1, 0.15) is 0 Å². The van der Waals surface area contributed by atoms with E-state index in [9.17, 15) is 14.4 Å². The molecule has 1 fully saturated rings. The number of carbonyl (C=O) groups excluding carboxylic acids is 3. The maximum Gasteiger partial charge on any atom is 0.337 e. The Kier molecular flexibility index (Phi) is 5.70. The standard InChI is InChI=1S/C16H19NO6/c1-10-5-6-11(15(19)21-2)8-12(10)17-14(18)9-23-16(20)13-4-3-7-22-13/h5-6,8,13H,3-4,7,9H2,1-2H3,(H,17,18)/t13-/m0/s1. The molecule has 1 heterocycles. The molecule has 1 N–H and O–H groups in total. The van der Waals surface area contributed by atoms with Crippen molar-refractivity contribution in [2.45, 2.75) is 25.9 Å². The average molecular weight is 321 g/mol. The lowest BCUT2D eigenvalue weighted by Crippen LogP contribution is -2.27. The molecule has 1 aromatic carbocycles. The number of rotatable bonds is 5. The number of amides is 1. The van der Waals surface area contributed by atoms with Gasteiger partial charge in [-0.15, -0.1) is 0 Å². The van der Waals surface area contributed by atoms with E-state index in [4.69, 9.17) is 9.47 Å². The molecule has 0 aromatic heterocycles. The minimum Gasteiger partial charge on any atom is -0.465 e. The third-order valence-electron chi connectivity index (χ3n) is 3.47. The molecular formula is C16H19NO6. The van der Waals surface area contributed by atoms with Crippen molar-refractivity contribution in [1.29, 1.82) is 0 Å². The Hall–Kier alpha value is -2.41. The summed E-state index contributed by atoms with van der Waals surface area (Å²) in [6, 6.07) is 4.81. The molecule has 0 spiro atoms. The van der Waals surface area contributed by atoms with Gasteiger partial charge in [0.15, 0.2) is 12.7 Å². The Labute approximate surface area is 133 Å². The second-order valence-corrected chi connectivity index (χ2v) is 5.18. The smallest absolute Gasteiger partial charge is 0.337 e. The van der Waals surface area contributed by atoms with Gasteiger partial charge in [0.25, 0.3) is 5.91 Å². The molecule has 0 aliphatic carbocycles. The maximum absolute atomic E-state index is 11.9. The first-order valence-electron chi connectivity index (χ1n) is 7.28. The van der Waals surface area contributed by atoms with Gasteiger partial charge in [-0.25, -0.2) is 9.59 Å². The first kappa shape index (κ1) is 17.0. The second kappa shape index (κ2) is 7.73. The lowest BCUT2D eigenvalue weighted by Gasteiger charge is -2.12. The van der Waals surface area contributed by atoms with Crippen molar-refractivity contribution in [3.8, 4) is 0 Å². The molecule has 7 heteroatoms. The zero-order chi connectivity index (χ0) is 16.8. The number of anilines is 1. The number of hydrogen-bond acceptors (Lipinski definition) is 6. The molecule has 1 amide bonds. The molecule has 0 radical (unpaired) electrons. The molecular weight excluding hydrogens is 302 g/mol. The van der Waals surface area contributed by atoms with Crippen LogP contribution in [0.4, 0.5) is 5.69 Å². The quantitative estimate of drug-likeness (QED) is 0.825. The Morgan fingerprint density at radius 1 is 1.35 bits per heavy atom. The van der Waals surface area contributed by atoms with Gasteiger partial charge in [0.05, 0.1) is 12.7 Å². The van der Waals surface area contributed by atoms with Crippen molar-refractivity contribution in [1.82, 2.24) is 0 Å². The summed E-state index contributed by atoms with van der Waals surface area (Å²) < 4.78 is 14.7. The largest absolute Gasteiger partial charge is 0.465 e. The predicted molar refractivity (Wildman–Crippen MR) is 81.1 cm³/mol. The average Bonchev–Trinajstić information content (AvgIpc) is 3.08. The maximum atomic E-state index is 11.9. The Balaban J connectivity index is 1.91. The number of aryl methyl sites for hydroxylation is 1. The van der Waals surface area contributed by atoms with E-state index in [-0.39, 0.29) is 0 Å². The highest BCUT2D eigenvalue weighted by molar-refractivity contribution is 5.96. The third-order valence-corrected chi connectivity index (χ3v) is 3.47. The van der Waals surface area contributed by atoms with Crippen LogP contribution in [0.5, 0.6) is 0 Å². The summed E-state index contributed by atoms with van der Waals surface area (Å²) in [6.45, 7) is 1.92. The summed E-state index contributed by atoms with van der Waals surface area (Å²) >= 11 is 0. The van der Waals surface area contributed by atoms with Crippen molar-refractivity contribution in [3.63, 3.8) is 0 Å². The van der Waals surface area contributed by atoms with E-state index >= 15 is 0 Å². The van der Waals surface area contributed by atoms with Crippen LogP contribution in [-0.2, 0) is 23.8 Å². The molecule has 1 saturated heterocycles. The van der Waals surface area contributed by atoms with Gasteiger partial charge in [-0.05, 0) is 37.5 Å². The van der Waals surface area contributed by atoms with Crippen LogP contribution in [0.15, 0.2) is 18.2 Å². The van der Waals surface area contributed by atoms with Gasteiger partial charge >= 0.3 is 11.9 Å². The fourth-order valence-corrected chi connectivity index (χ4v) is 2.18. The number of ether oxygens (including phenoxy) is 3. The summed E-state index contributed by atoms with van der Waals surface area (Å²) in [6.07, 6.45) is 0.846. The number of nitrogens with one attached hydrogen (secondary N) is 1. The first-order chi connectivity index (χ1) is 11.0. The number of esters is 2. The normalized spacial score (nSPS) is 16.7. The van der Waals surface area contributed by atoms with E-state index in [1.54, 1.807) is 19.1 Å². The molecule has 0 bridgehead atoms. The fourth-order valence-electron chi connectivity index (χ4n) is 2.18. The van der Waals surface area contributed by atoms with Crippen LogP contribution in [-0.4, -0.2) is 44.3 Å². The van der Waals surface area contributed by atoms with Gasteiger partial charge in [-0.2, -0.15) is 0 Å². The Morgan fingerprint density at radius 3 is 2.78 bits per heavy atom. The van der Waals surface area contributed by atoms with Crippen LogP contribution >= 0.6 is 0 Å². The summed E-state index contributed by atoms with van der Waals surface area (Å²) in [7, 11) is 1.28. The highest BCUT2D eigenvalue weighted by Gasteiger charge is 2.25. The highest BCUT2D eigenvalue weighted by Crippen LogP contribution is 2.18. The van der Waals surface area contributed by atoms with Crippen LogP contribution in [0.25, 0.3) is 0 Å². The number of methoxy groups -OCH3 is 1. The lowest BCUT2D eigenvalue weighted by atomic mass is 10.1. The van der Waals surface area contributed by atoms with Crippen molar-refractivity contribution in [3.05, 3.63) is 29.3 Å². The zero-order valence-corrected chi connectivity index (χ0v) is 13.1. The molecule has 1 aliphatic rings. The van der Waals surface area contributed by atoms with Crippen LogP contribution in [0, 0.1) is 6.92 Å². The van der Waals surface area contributed by atoms with E-state index in [1.807, 2.05) is 0 Å². The van der Waals surface area contributed by atoms with Gasteiger partial charge in [0, 0.05) is 12.3 Å². The number of carbonyl (C=O) groups is 3. The number of hydrogen-bond donors (Lipinski definition) is 1. The molecule has 7 nitrogen and oxygen atoms in total. The Bertz CT molecular complexity index is 607. The molecule has 23 heavy (non-hydrogen) atoms. The van der Waals surface area contributed by atoms with Crippen LogP contribution in [0.1, 0.15) is 28.8 Å². The fraction of sp³-hybridized carbons (Fsp3) is 0.438. The molecule has 2 rings (SSSR count). The monoisotopic (exact) mass is 321 g/mol. The van der Waals surface area contributed by atoms with Crippen molar-refractivity contribution in [2.75, 3.05) is 25.6 Å². The van der Waals surface area contributed by atoms with Crippen LogP contribution < -0.4 is 5.32 Å². The summed E-state index contributed by atoms with van der Waals surface area (Å²) in [5, 5.41) is 2.61. The SMILES string of the molecule is COC(=O)c1ccc(C)c(NC(=O)COC(=O)[C@@H]2CCCO2)c1. The third kappa shape index (κ3) is 4.53. The van der Waals surface area contributed by atoms with Gasteiger partial charge in [-0.1, -0.05) is 6.07 Å². The minimum atomic E-state index is -0.577. The van der Waals surface area contributed by atoms with E-state index in [2.05, 4.69) is 10.1 Å². The number of benzene rings is 1. The first-order valence-corrected chi connectivity index (χ1v) is 7.28. The molecule has 1 aliphatic heterocycles. The Morgan fingerprint density at radius 2 is 2.13 bits per heavy atom. The van der Waals surface area contributed by atoms with Crippen LogP contribution in [0.2, 0.25) is 0 Å². The highest BCUT2D eigenvalue weighted by atomic mass is 16.6. The van der Waals surface area contributed by atoms with Gasteiger partial charge in [0.2, 0.25) is 0 Å². The van der Waals surface area contributed by atoms with E-state index in [1.165, 1.54) is 13.2 Å². The van der Waals surface area contributed by atoms with Crippen LogP contribution in [0.3, 0.4) is 0 Å². The minimum absolute atomic E-state index is 0.324. The summed E-state index contributed by atoms with van der Waals surface area (Å²) in [5.74, 6) is -1.51. The lowest BCUT2D eigenvalue weighted by molar-refractivity contribution is -0.156. The summed E-state index contributed by atoms with van der Waals surface area (Å²) in [4.78, 5) is 35.1. The van der Waals surface area contributed by atoms with Crippen molar-refractivity contribution < 1.29 is 28.6 Å². The van der Waals surface area contributed by atoms with Crippen molar-refractivity contribution in [2.24, 2.45) is 0 Å². The second-order valence-electron chi connectivity index (χ2n) is 5.18. The molecule has 0 unspecified atom stereocenters. The van der Waals surface area contributed by atoms with Gasteiger partial charge < -0.3 is 19.5 Å². The summed E-state index contributed by atoms with van der Waals surface area (Å²) in [5.41, 5.74) is 1.56. The zero-order valence-electron chi connectivity index (χ0n) is 13.1. The van der Waals surface area contributed by atoms with Gasteiger partial charge in [-0.3, -0.25) is 4.79 Å². The predicted octanol–water partition coefficient (Wildman–Crippen LogP) is 1.44. The topological polar surface area (TPSA) is 90.9 Å². The van der Waals surface area contributed by atoms with Crippen molar-refractivity contribution >= 4 is 23.5 Å².